The Hall–Kier alpha value is -4.60. The highest BCUT2D eigenvalue weighted by atomic mass is 35.5. The van der Waals surface area contributed by atoms with E-state index in [-0.39, 0.29) is 44.9 Å². The summed E-state index contributed by atoms with van der Waals surface area (Å²) in [4.78, 5) is 48.9. The maximum Gasteiger partial charge on any atom is 0.496 e. The number of aliphatic imine (C=N–C) groups is 1. The number of aromatic nitrogens is 8. The molecular formula is C43H59BClF4N15O4S2. The minimum atomic E-state index is -2.71. The zero-order valence-electron chi connectivity index (χ0n) is 40.1. The molecule has 9 rings (SSSR count). The van der Waals surface area contributed by atoms with E-state index in [2.05, 4.69) is 59.6 Å². The van der Waals surface area contributed by atoms with Gasteiger partial charge in [0, 0.05) is 124 Å². The molecule has 0 saturated carbocycles. The SMILES string of the molecule is CN(C)C=Nc1cc(C(F)F)c(B2OC(C)(C)C(C)(C)O2)cn1.Clc1nc(N2CCOCC2)nc(N2CCSCC2)n1.Nc1cc(C(F)F)c(-c2nc(N3CCOCC3)nc(N3CCSCC3)n2)cn1. The summed E-state index contributed by atoms with van der Waals surface area (Å²) in [5, 5.41) is 0.268. The predicted molar refractivity (Wildman–Crippen MR) is 269 cm³/mol. The van der Waals surface area contributed by atoms with Crippen molar-refractivity contribution >= 4 is 89.5 Å². The first kappa shape index (κ1) is 53.2. The van der Waals surface area contributed by atoms with E-state index in [1.165, 1.54) is 30.9 Å². The molecule has 5 aliphatic heterocycles. The summed E-state index contributed by atoms with van der Waals surface area (Å²) in [5.74, 6) is 6.93. The number of halogens is 5. The van der Waals surface area contributed by atoms with E-state index in [4.69, 9.17) is 36.1 Å². The fraction of sp³-hybridized carbons (Fsp3) is 0.605. The lowest BCUT2D eigenvalue weighted by atomic mass is 9.77. The Balaban J connectivity index is 0.000000158. The van der Waals surface area contributed by atoms with Crippen LogP contribution in [0, 0.1) is 0 Å². The van der Waals surface area contributed by atoms with Crippen LogP contribution in [-0.2, 0) is 18.8 Å². The van der Waals surface area contributed by atoms with Crippen molar-refractivity contribution in [3.8, 4) is 11.4 Å². The standard InChI is InChI=1S/C17H21F2N7OS.C15H22BF2N3O2.C11H16ClN5OS/c18-14(19)11-9-13(20)21-10-12(11)15-22-16(25-1-5-27-6-2-25)24-17(23-15)26-3-7-28-8-4-26;1-14(2)15(3,4)23-16(22-14)11-8-19-12(20-9-21(5)6)7-10(11)13(17)18;12-9-13-10(16-1-5-18-6-2-16)15-11(14-9)17-3-7-19-8-4-17/h9-10,14H,1-8H2,(H2,20,21);7-9,13H,1-6H3;1-8H2. The molecule has 0 radical (unpaired) electrons. The second-order valence-corrected chi connectivity index (χ2v) is 20.4. The van der Waals surface area contributed by atoms with Gasteiger partial charge in [-0.15, -0.1) is 0 Å². The molecule has 70 heavy (non-hydrogen) atoms. The number of alkyl halides is 4. The van der Waals surface area contributed by atoms with Gasteiger partial charge in [-0.05, 0) is 51.4 Å². The van der Waals surface area contributed by atoms with E-state index in [0.29, 0.717) is 63.3 Å². The maximum absolute atomic E-state index is 13.6. The van der Waals surface area contributed by atoms with E-state index >= 15 is 0 Å². The molecule has 0 aliphatic carbocycles. The first-order chi connectivity index (χ1) is 33.5. The summed E-state index contributed by atoms with van der Waals surface area (Å²) in [7, 11) is 2.70. The zero-order valence-corrected chi connectivity index (χ0v) is 42.5. The van der Waals surface area contributed by atoms with E-state index < -0.39 is 31.2 Å². The largest absolute Gasteiger partial charge is 0.496 e. The lowest BCUT2D eigenvalue weighted by Crippen LogP contribution is -2.41. The number of ether oxygens (including phenoxy) is 2. The van der Waals surface area contributed by atoms with Crippen molar-refractivity contribution in [1.82, 2.24) is 44.8 Å². The molecule has 9 heterocycles. The van der Waals surface area contributed by atoms with E-state index in [9.17, 15) is 17.6 Å². The lowest BCUT2D eigenvalue weighted by molar-refractivity contribution is 0.00578. The van der Waals surface area contributed by atoms with Crippen LogP contribution in [0.1, 0.15) is 51.7 Å². The molecule has 0 atom stereocenters. The van der Waals surface area contributed by atoms with Crippen LogP contribution >= 0.6 is 35.1 Å². The second-order valence-electron chi connectivity index (χ2n) is 17.6. The van der Waals surface area contributed by atoms with E-state index in [0.717, 1.165) is 62.3 Å². The molecule has 4 aromatic rings. The Labute approximate surface area is 419 Å². The Morgan fingerprint density at radius 1 is 0.671 bits per heavy atom. The van der Waals surface area contributed by atoms with Gasteiger partial charge >= 0.3 is 7.12 Å². The molecule has 27 heteroatoms. The Morgan fingerprint density at radius 3 is 1.59 bits per heavy atom. The van der Waals surface area contributed by atoms with Crippen molar-refractivity contribution in [2.24, 2.45) is 4.99 Å². The number of hydrogen-bond acceptors (Lipinski definition) is 20. The predicted octanol–water partition coefficient (Wildman–Crippen LogP) is 5.30. The third-order valence-corrected chi connectivity index (χ3v) is 14.0. The third kappa shape index (κ3) is 13.9. The van der Waals surface area contributed by atoms with Gasteiger partial charge in [-0.1, -0.05) is 0 Å². The molecule has 0 aromatic carbocycles. The van der Waals surface area contributed by atoms with Crippen LogP contribution in [0.25, 0.3) is 11.4 Å². The van der Waals surface area contributed by atoms with Gasteiger partial charge in [-0.2, -0.15) is 53.4 Å². The van der Waals surface area contributed by atoms with E-state index in [1.54, 1.807) is 19.0 Å². The molecule has 5 saturated heterocycles. The zero-order chi connectivity index (χ0) is 50.0. The van der Waals surface area contributed by atoms with Gasteiger partial charge in [-0.3, -0.25) is 0 Å². The number of rotatable bonds is 10. The fourth-order valence-corrected chi connectivity index (χ4v) is 9.31. The highest BCUT2D eigenvalue weighted by molar-refractivity contribution is 7.99. The van der Waals surface area contributed by atoms with Crippen molar-refractivity contribution in [3.63, 3.8) is 0 Å². The first-order valence-electron chi connectivity index (χ1n) is 22.8. The molecule has 19 nitrogen and oxygen atoms in total. The average molecular weight is 1040 g/mol. The summed E-state index contributed by atoms with van der Waals surface area (Å²) in [6, 6.07) is 2.44. The van der Waals surface area contributed by atoms with Gasteiger partial charge in [0.05, 0.1) is 44.0 Å². The van der Waals surface area contributed by atoms with Crippen LogP contribution in [-0.4, -0.2) is 185 Å². The topological polar surface area (TPSA) is 195 Å². The van der Waals surface area contributed by atoms with Crippen molar-refractivity contribution < 1.29 is 36.3 Å². The first-order valence-corrected chi connectivity index (χ1v) is 25.5. The van der Waals surface area contributed by atoms with Gasteiger partial charge in [-0.25, -0.2) is 32.5 Å². The van der Waals surface area contributed by atoms with Crippen molar-refractivity contribution in [3.05, 3.63) is 40.9 Å². The Bertz CT molecular complexity index is 2300. The Kier molecular flexibility index (Phi) is 18.4. The average Bonchev–Trinajstić information content (AvgIpc) is 3.59. The number of nitrogen functional groups attached to an aromatic ring is 1. The highest BCUT2D eigenvalue weighted by Gasteiger charge is 2.52. The summed E-state index contributed by atoms with van der Waals surface area (Å²) in [6.07, 6.45) is -1.21. The third-order valence-electron chi connectivity index (χ3n) is 11.9. The molecular weight excluding hydrogens is 977 g/mol. The number of hydrogen-bond donors (Lipinski definition) is 1. The van der Waals surface area contributed by atoms with E-state index in [1.807, 2.05) is 56.1 Å². The van der Waals surface area contributed by atoms with Crippen LogP contribution in [0.5, 0.6) is 0 Å². The summed E-state index contributed by atoms with van der Waals surface area (Å²) in [5.41, 5.74) is 4.42. The number of thioether (sulfide) groups is 2. The molecule has 4 aromatic heterocycles. The molecule has 380 valence electrons. The molecule has 0 amide bonds. The summed E-state index contributed by atoms with van der Waals surface area (Å²) >= 11 is 9.86. The second kappa shape index (κ2) is 24.2. The number of pyridine rings is 2. The van der Waals surface area contributed by atoms with Crippen molar-refractivity contribution in [2.45, 2.75) is 51.7 Å². The van der Waals surface area contributed by atoms with Crippen LogP contribution < -0.4 is 30.8 Å². The quantitative estimate of drug-likeness (QED) is 0.0930. The minimum absolute atomic E-state index is 0.0368. The Morgan fingerprint density at radius 2 is 1.13 bits per heavy atom. The van der Waals surface area contributed by atoms with Crippen LogP contribution in [0.2, 0.25) is 5.28 Å². The number of nitrogens with zero attached hydrogens (tertiary/aromatic N) is 14. The smallest absolute Gasteiger partial charge is 0.399 e. The van der Waals surface area contributed by atoms with Crippen molar-refractivity contribution in [2.75, 3.05) is 141 Å². The molecule has 5 fully saturated rings. The monoisotopic (exact) mass is 1040 g/mol. The van der Waals surface area contributed by atoms with Gasteiger partial charge in [0.2, 0.25) is 29.1 Å². The van der Waals surface area contributed by atoms with Gasteiger partial charge in [0.25, 0.3) is 12.9 Å². The number of anilines is 5. The highest BCUT2D eigenvalue weighted by Crippen LogP contribution is 2.38. The van der Waals surface area contributed by atoms with Crippen LogP contribution in [0.3, 0.4) is 0 Å². The minimum Gasteiger partial charge on any atom is -0.399 e. The van der Waals surface area contributed by atoms with Crippen molar-refractivity contribution in [1.29, 1.82) is 0 Å². The van der Waals surface area contributed by atoms with Crippen LogP contribution in [0.15, 0.2) is 29.5 Å². The summed E-state index contributed by atoms with van der Waals surface area (Å²) in [6.45, 7) is 16.5. The molecule has 5 aliphatic rings. The fourth-order valence-electron chi connectivity index (χ4n) is 7.35. The number of nitrogens with two attached hydrogens (primary N) is 1. The van der Waals surface area contributed by atoms with Gasteiger partial charge in [0.15, 0.2) is 11.6 Å². The molecule has 0 bridgehead atoms. The molecule has 2 N–H and O–H groups in total. The van der Waals surface area contributed by atoms with Crippen LogP contribution in [0.4, 0.5) is 53.0 Å². The summed E-state index contributed by atoms with van der Waals surface area (Å²) < 4.78 is 76.5. The van der Waals surface area contributed by atoms with Gasteiger partial charge < -0.3 is 49.0 Å². The lowest BCUT2D eigenvalue weighted by Gasteiger charge is -2.32. The molecule has 0 unspecified atom stereocenters. The molecule has 0 spiro atoms. The maximum atomic E-state index is 13.6. The normalized spacial score (nSPS) is 19.3. The number of morpholine rings is 2. The van der Waals surface area contributed by atoms with Gasteiger partial charge in [0.1, 0.15) is 5.82 Å².